The minimum Gasteiger partial charge on any atom is -0.383 e. The Bertz CT molecular complexity index is 1340. The molecule has 8 nitrogen and oxygen atoms in total. The van der Waals surface area contributed by atoms with Crippen molar-refractivity contribution < 1.29 is 22.7 Å². The van der Waals surface area contributed by atoms with Gasteiger partial charge in [0.15, 0.2) is 0 Å². The van der Waals surface area contributed by atoms with Crippen LogP contribution in [0.25, 0.3) is 0 Å². The molecule has 0 unspecified atom stereocenters. The number of hydrogen-bond donors (Lipinski definition) is 2. The lowest BCUT2D eigenvalue weighted by atomic mass is 10.1. The summed E-state index contributed by atoms with van der Waals surface area (Å²) in [6.07, 6.45) is 0. The number of methoxy groups -OCH3 is 1. The number of aryl methyl sites for hydroxylation is 1. The van der Waals surface area contributed by atoms with E-state index in [2.05, 4.69) is 10.6 Å². The first-order valence-electron chi connectivity index (χ1n) is 11.2. The molecule has 3 rings (SSSR count). The van der Waals surface area contributed by atoms with Gasteiger partial charge in [-0.15, -0.1) is 0 Å². The van der Waals surface area contributed by atoms with E-state index in [-0.39, 0.29) is 21.8 Å². The largest absolute Gasteiger partial charge is 0.383 e. The molecule has 0 spiro atoms. The lowest BCUT2D eigenvalue weighted by molar-refractivity contribution is -0.114. The Morgan fingerprint density at radius 2 is 1.67 bits per heavy atom. The van der Waals surface area contributed by atoms with E-state index in [0.29, 0.717) is 23.7 Å². The highest BCUT2D eigenvalue weighted by Gasteiger charge is 2.29. The van der Waals surface area contributed by atoms with Crippen LogP contribution in [-0.4, -0.2) is 47.0 Å². The number of hydrogen-bond acceptors (Lipinski definition) is 5. The van der Waals surface area contributed by atoms with E-state index in [9.17, 15) is 18.0 Å². The summed E-state index contributed by atoms with van der Waals surface area (Å²) in [5, 5.41) is 5.76. The predicted molar refractivity (Wildman–Crippen MR) is 141 cm³/mol. The van der Waals surface area contributed by atoms with Crippen LogP contribution in [0.2, 0.25) is 5.02 Å². The van der Waals surface area contributed by atoms with Gasteiger partial charge in [-0.25, -0.2) is 8.42 Å². The van der Waals surface area contributed by atoms with Crippen molar-refractivity contribution in [3.05, 3.63) is 88.4 Å². The molecule has 36 heavy (non-hydrogen) atoms. The quantitative estimate of drug-likeness (QED) is 0.384. The number of carbonyl (C=O) groups excluding carboxylic acids is 2. The Hall–Kier alpha value is -3.40. The van der Waals surface area contributed by atoms with Gasteiger partial charge in [0.2, 0.25) is 5.91 Å². The van der Waals surface area contributed by atoms with Gasteiger partial charge >= 0.3 is 0 Å². The average Bonchev–Trinajstić information content (AvgIpc) is 2.85. The third kappa shape index (κ3) is 6.42. The third-order valence-electron chi connectivity index (χ3n) is 5.44. The number of anilines is 2. The summed E-state index contributed by atoms with van der Waals surface area (Å²) in [4.78, 5) is 25.8. The van der Waals surface area contributed by atoms with Crippen molar-refractivity contribution in [3.63, 3.8) is 0 Å². The van der Waals surface area contributed by atoms with E-state index in [1.54, 1.807) is 61.5 Å². The summed E-state index contributed by atoms with van der Waals surface area (Å²) in [6.45, 7) is 3.65. The summed E-state index contributed by atoms with van der Waals surface area (Å²) in [5.74, 6) is -1.01. The minimum absolute atomic E-state index is 0.0400. The summed E-state index contributed by atoms with van der Waals surface area (Å²) in [5.41, 5.74) is 2.20. The molecule has 0 saturated carbocycles. The average molecular weight is 530 g/mol. The first-order chi connectivity index (χ1) is 17.1. The maximum atomic E-state index is 13.6. The zero-order valence-electron chi connectivity index (χ0n) is 20.2. The number of benzene rings is 3. The fourth-order valence-electron chi connectivity index (χ4n) is 3.48. The van der Waals surface area contributed by atoms with Crippen LogP contribution in [0.1, 0.15) is 21.5 Å². The van der Waals surface area contributed by atoms with Crippen LogP contribution in [0.3, 0.4) is 0 Å². The Morgan fingerprint density at radius 3 is 2.36 bits per heavy atom. The molecule has 10 heteroatoms. The number of carbonyl (C=O) groups is 2. The molecule has 0 fully saturated rings. The summed E-state index contributed by atoms with van der Waals surface area (Å²) in [6, 6.07) is 17.7. The highest BCUT2D eigenvalue weighted by atomic mass is 35.5. The van der Waals surface area contributed by atoms with Gasteiger partial charge in [-0.05, 0) is 55.8 Å². The van der Waals surface area contributed by atoms with Crippen molar-refractivity contribution in [1.29, 1.82) is 0 Å². The van der Waals surface area contributed by atoms with Gasteiger partial charge in [-0.2, -0.15) is 0 Å². The van der Waals surface area contributed by atoms with Crippen LogP contribution >= 0.6 is 11.6 Å². The maximum absolute atomic E-state index is 13.6. The minimum atomic E-state index is -4.12. The molecule has 0 heterocycles. The first-order valence-corrected chi connectivity index (χ1v) is 13.0. The molecule has 3 aromatic rings. The Balaban J connectivity index is 1.93. The summed E-state index contributed by atoms with van der Waals surface area (Å²) >= 11 is 6.27. The number of rotatable bonds is 10. The number of para-hydroxylation sites is 1. The smallest absolute Gasteiger partial charge is 0.264 e. The Morgan fingerprint density at radius 1 is 0.972 bits per heavy atom. The number of halogens is 1. The van der Waals surface area contributed by atoms with Crippen LogP contribution in [0.5, 0.6) is 0 Å². The molecule has 0 aliphatic heterocycles. The fourth-order valence-corrected chi connectivity index (χ4v) is 5.12. The molecular weight excluding hydrogens is 502 g/mol. The number of sulfonamides is 1. The van der Waals surface area contributed by atoms with Crippen molar-refractivity contribution in [2.75, 3.05) is 36.4 Å². The van der Waals surface area contributed by atoms with Crippen LogP contribution in [0, 0.1) is 13.8 Å². The van der Waals surface area contributed by atoms with E-state index in [1.165, 1.54) is 19.2 Å². The molecule has 0 aromatic heterocycles. The van der Waals surface area contributed by atoms with Crippen molar-refractivity contribution in [1.82, 2.24) is 5.32 Å². The summed E-state index contributed by atoms with van der Waals surface area (Å²) in [7, 11) is -2.59. The zero-order valence-corrected chi connectivity index (χ0v) is 21.8. The van der Waals surface area contributed by atoms with Crippen molar-refractivity contribution in [2.24, 2.45) is 0 Å². The number of amides is 2. The second kappa shape index (κ2) is 12.0. The Kier molecular flexibility index (Phi) is 9.08. The fraction of sp³-hybridized carbons (Fsp3) is 0.231. The molecule has 0 aliphatic carbocycles. The van der Waals surface area contributed by atoms with Crippen molar-refractivity contribution in [2.45, 2.75) is 18.7 Å². The SMILES string of the molecule is COCCNC(=O)c1ccccc1NC(=O)CN(c1cccc(Cl)c1C)S(=O)(=O)c1ccc(C)cc1. The van der Waals surface area contributed by atoms with Gasteiger partial charge in [0.25, 0.3) is 15.9 Å². The monoisotopic (exact) mass is 529 g/mol. The second-order valence-corrected chi connectivity index (χ2v) is 10.3. The van der Waals surface area contributed by atoms with Gasteiger partial charge in [-0.3, -0.25) is 13.9 Å². The number of nitrogens with one attached hydrogen (secondary N) is 2. The number of nitrogens with zero attached hydrogens (tertiary/aromatic N) is 1. The number of ether oxygens (including phenoxy) is 1. The van der Waals surface area contributed by atoms with Gasteiger partial charge < -0.3 is 15.4 Å². The molecule has 190 valence electrons. The molecule has 2 amide bonds. The van der Waals surface area contributed by atoms with E-state index in [1.807, 2.05) is 6.92 Å². The van der Waals surface area contributed by atoms with Crippen LogP contribution < -0.4 is 14.9 Å². The molecule has 0 bridgehead atoms. The lowest BCUT2D eigenvalue weighted by Gasteiger charge is -2.26. The molecular formula is C26H28ClN3O5S. The molecule has 2 N–H and O–H groups in total. The second-order valence-electron chi connectivity index (χ2n) is 8.05. The van der Waals surface area contributed by atoms with Gasteiger partial charge in [0, 0.05) is 18.7 Å². The zero-order chi connectivity index (χ0) is 26.3. The maximum Gasteiger partial charge on any atom is 0.264 e. The van der Waals surface area contributed by atoms with Gasteiger partial charge in [0.1, 0.15) is 6.54 Å². The Labute approximate surface area is 216 Å². The van der Waals surface area contributed by atoms with Crippen LogP contribution in [-0.2, 0) is 19.6 Å². The summed E-state index contributed by atoms with van der Waals surface area (Å²) < 4.78 is 33.3. The van der Waals surface area contributed by atoms with E-state index in [4.69, 9.17) is 16.3 Å². The molecule has 0 radical (unpaired) electrons. The highest BCUT2D eigenvalue weighted by molar-refractivity contribution is 7.92. The van der Waals surface area contributed by atoms with E-state index < -0.39 is 28.4 Å². The predicted octanol–water partition coefficient (Wildman–Crippen LogP) is 4.17. The van der Waals surface area contributed by atoms with Crippen LogP contribution in [0.15, 0.2) is 71.6 Å². The van der Waals surface area contributed by atoms with E-state index in [0.717, 1.165) is 9.87 Å². The molecule has 0 saturated heterocycles. The van der Waals surface area contributed by atoms with Crippen molar-refractivity contribution >= 4 is 44.8 Å². The molecule has 0 aliphatic rings. The van der Waals surface area contributed by atoms with Gasteiger partial charge in [-0.1, -0.05) is 47.5 Å². The highest BCUT2D eigenvalue weighted by Crippen LogP contribution is 2.31. The van der Waals surface area contributed by atoms with Crippen molar-refractivity contribution in [3.8, 4) is 0 Å². The molecule has 3 aromatic carbocycles. The standard InChI is InChI=1S/C26H28ClN3O5S/c1-18-11-13-20(14-12-18)36(33,34)30(24-10-6-8-22(27)19(24)2)17-25(31)29-23-9-5-4-7-21(23)26(32)28-15-16-35-3/h4-14H,15-17H2,1-3H3,(H,28,32)(H,29,31). The van der Waals surface area contributed by atoms with Gasteiger partial charge in [0.05, 0.1) is 28.4 Å². The first kappa shape index (κ1) is 27.2. The van der Waals surface area contributed by atoms with Crippen LogP contribution in [0.4, 0.5) is 11.4 Å². The third-order valence-corrected chi connectivity index (χ3v) is 7.62. The molecule has 0 atom stereocenters. The lowest BCUT2D eigenvalue weighted by Crippen LogP contribution is -2.39. The normalized spacial score (nSPS) is 11.1. The topological polar surface area (TPSA) is 105 Å². The van der Waals surface area contributed by atoms with E-state index >= 15 is 0 Å².